The molecular formula is C16H14N4O6. The predicted octanol–water partition coefficient (Wildman–Crippen LogP) is 0.886. The molecule has 0 aromatic heterocycles. The Labute approximate surface area is 146 Å². The van der Waals surface area contributed by atoms with Crippen molar-refractivity contribution in [3.63, 3.8) is 0 Å². The molecule has 0 fully saturated rings. The number of nitrogens with zero attached hydrogens (tertiary/aromatic N) is 2. The van der Waals surface area contributed by atoms with Crippen LogP contribution in [0.4, 0.5) is 5.69 Å². The highest BCUT2D eigenvalue weighted by Crippen LogP contribution is 2.25. The first-order valence-electron chi connectivity index (χ1n) is 7.24. The lowest BCUT2D eigenvalue weighted by Crippen LogP contribution is -2.34. The summed E-state index contributed by atoms with van der Waals surface area (Å²) in [5.41, 5.74) is 1.96. The standard InChI is InChI=1S/C16H14N4O6/c21-13-4-2-1-3-11(13)16(24)17-9-15(23)19-18-8-10-5-6-14(22)12(7-10)20(25)26/h1-8,21-22H,9H2,(H,17,24)(H,19,23)/b18-8+. The number of phenolic OH excluding ortho intramolecular Hbond substituents is 2. The molecule has 2 aromatic carbocycles. The molecule has 0 bridgehead atoms. The van der Waals surface area contributed by atoms with E-state index < -0.39 is 28.2 Å². The van der Waals surface area contributed by atoms with Gasteiger partial charge in [-0.2, -0.15) is 5.10 Å². The van der Waals surface area contributed by atoms with Gasteiger partial charge in [-0.3, -0.25) is 19.7 Å². The fourth-order valence-corrected chi connectivity index (χ4v) is 1.91. The van der Waals surface area contributed by atoms with Gasteiger partial charge in [0.2, 0.25) is 0 Å². The average Bonchev–Trinajstić information content (AvgIpc) is 2.61. The molecule has 0 aliphatic rings. The van der Waals surface area contributed by atoms with Gasteiger partial charge in [0.25, 0.3) is 11.8 Å². The largest absolute Gasteiger partial charge is 0.507 e. The monoisotopic (exact) mass is 358 g/mol. The summed E-state index contributed by atoms with van der Waals surface area (Å²) in [5.74, 6) is -1.96. The van der Waals surface area contributed by atoms with E-state index in [0.717, 1.165) is 18.3 Å². The summed E-state index contributed by atoms with van der Waals surface area (Å²) in [6.45, 7) is -0.389. The second-order valence-electron chi connectivity index (χ2n) is 5.00. The Balaban J connectivity index is 1.88. The molecule has 0 saturated heterocycles. The van der Waals surface area contributed by atoms with Crippen LogP contribution in [0.2, 0.25) is 0 Å². The first-order valence-corrected chi connectivity index (χ1v) is 7.24. The second kappa shape index (κ2) is 8.24. The maximum Gasteiger partial charge on any atom is 0.311 e. The van der Waals surface area contributed by atoms with E-state index in [2.05, 4.69) is 15.8 Å². The minimum atomic E-state index is -0.750. The summed E-state index contributed by atoms with van der Waals surface area (Å²) < 4.78 is 0. The smallest absolute Gasteiger partial charge is 0.311 e. The number of phenols is 2. The van der Waals surface area contributed by atoms with E-state index in [1.165, 1.54) is 18.2 Å². The van der Waals surface area contributed by atoms with Crippen LogP contribution in [0.15, 0.2) is 47.6 Å². The number of nitrogens with one attached hydrogen (secondary N) is 2. The van der Waals surface area contributed by atoms with E-state index in [0.29, 0.717) is 0 Å². The number of nitro groups is 1. The molecule has 2 rings (SSSR count). The number of carbonyl (C=O) groups is 2. The normalized spacial score (nSPS) is 10.5. The van der Waals surface area contributed by atoms with E-state index in [9.17, 15) is 29.9 Å². The highest BCUT2D eigenvalue weighted by Gasteiger charge is 2.13. The molecule has 2 aromatic rings. The molecule has 0 aliphatic heterocycles. The highest BCUT2D eigenvalue weighted by molar-refractivity contribution is 5.98. The lowest BCUT2D eigenvalue weighted by atomic mass is 10.2. The summed E-state index contributed by atoms with van der Waals surface area (Å²) in [7, 11) is 0. The number of carbonyl (C=O) groups excluding carboxylic acids is 2. The number of aromatic hydroxyl groups is 2. The molecule has 0 saturated carbocycles. The van der Waals surface area contributed by atoms with E-state index in [1.54, 1.807) is 12.1 Å². The van der Waals surface area contributed by atoms with Crippen molar-refractivity contribution < 1.29 is 24.7 Å². The van der Waals surface area contributed by atoms with Crippen LogP contribution in [-0.2, 0) is 4.79 Å². The van der Waals surface area contributed by atoms with Gasteiger partial charge in [-0.05, 0) is 24.3 Å². The van der Waals surface area contributed by atoms with Gasteiger partial charge in [0, 0.05) is 11.6 Å². The van der Waals surface area contributed by atoms with E-state index in [1.807, 2.05) is 0 Å². The lowest BCUT2D eigenvalue weighted by molar-refractivity contribution is -0.385. The maximum absolute atomic E-state index is 11.8. The lowest BCUT2D eigenvalue weighted by Gasteiger charge is -2.05. The Hall–Kier alpha value is -3.95. The average molecular weight is 358 g/mol. The minimum Gasteiger partial charge on any atom is -0.507 e. The second-order valence-corrected chi connectivity index (χ2v) is 5.00. The third-order valence-corrected chi connectivity index (χ3v) is 3.16. The highest BCUT2D eigenvalue weighted by atomic mass is 16.6. The van der Waals surface area contributed by atoms with Gasteiger partial charge in [0.1, 0.15) is 5.75 Å². The summed E-state index contributed by atoms with van der Waals surface area (Å²) in [6.07, 6.45) is 1.15. The van der Waals surface area contributed by atoms with Crippen LogP contribution in [-0.4, -0.2) is 39.7 Å². The van der Waals surface area contributed by atoms with Gasteiger partial charge in [-0.15, -0.1) is 0 Å². The van der Waals surface area contributed by atoms with Gasteiger partial charge in [-0.25, -0.2) is 5.43 Å². The molecule has 0 spiro atoms. The van der Waals surface area contributed by atoms with Gasteiger partial charge in [-0.1, -0.05) is 12.1 Å². The van der Waals surface area contributed by atoms with Gasteiger partial charge in [0.05, 0.1) is 23.2 Å². The van der Waals surface area contributed by atoms with Crippen molar-refractivity contribution in [3.05, 3.63) is 63.7 Å². The number of amides is 2. The molecule has 10 heteroatoms. The van der Waals surface area contributed by atoms with Crippen LogP contribution in [0.5, 0.6) is 11.5 Å². The summed E-state index contributed by atoms with van der Waals surface area (Å²) in [6, 6.07) is 9.46. The van der Waals surface area contributed by atoms with Crippen molar-refractivity contribution in [1.82, 2.24) is 10.7 Å². The van der Waals surface area contributed by atoms with Crippen molar-refractivity contribution in [2.24, 2.45) is 5.10 Å². The number of hydrogen-bond acceptors (Lipinski definition) is 7. The third kappa shape index (κ3) is 4.77. The number of para-hydroxylation sites is 1. The fourth-order valence-electron chi connectivity index (χ4n) is 1.91. The van der Waals surface area contributed by atoms with Crippen LogP contribution in [0, 0.1) is 10.1 Å². The van der Waals surface area contributed by atoms with Crippen molar-refractivity contribution in [3.8, 4) is 11.5 Å². The molecule has 0 unspecified atom stereocenters. The zero-order valence-electron chi connectivity index (χ0n) is 13.2. The van der Waals surface area contributed by atoms with Gasteiger partial charge >= 0.3 is 5.69 Å². The molecule has 4 N–H and O–H groups in total. The van der Waals surface area contributed by atoms with E-state index >= 15 is 0 Å². The Morgan fingerprint density at radius 3 is 2.58 bits per heavy atom. The van der Waals surface area contributed by atoms with Gasteiger partial charge in [0.15, 0.2) is 5.75 Å². The number of hydrazone groups is 1. The van der Waals surface area contributed by atoms with Crippen molar-refractivity contribution in [2.75, 3.05) is 6.54 Å². The number of nitro benzene ring substituents is 1. The van der Waals surface area contributed by atoms with E-state index in [-0.39, 0.29) is 23.4 Å². The number of hydrogen-bond donors (Lipinski definition) is 4. The Kier molecular flexibility index (Phi) is 5.83. The molecule has 0 heterocycles. The molecule has 0 radical (unpaired) electrons. The fraction of sp³-hybridized carbons (Fsp3) is 0.0625. The Bertz CT molecular complexity index is 881. The van der Waals surface area contributed by atoms with Crippen LogP contribution in [0.1, 0.15) is 15.9 Å². The minimum absolute atomic E-state index is 0.0280. The van der Waals surface area contributed by atoms with Crippen LogP contribution >= 0.6 is 0 Å². The van der Waals surface area contributed by atoms with Crippen molar-refractivity contribution in [2.45, 2.75) is 0 Å². The molecule has 0 atom stereocenters. The molecule has 134 valence electrons. The predicted molar refractivity (Wildman–Crippen MR) is 90.9 cm³/mol. The zero-order valence-corrected chi connectivity index (χ0v) is 13.2. The van der Waals surface area contributed by atoms with Crippen LogP contribution in [0.3, 0.4) is 0 Å². The topological polar surface area (TPSA) is 154 Å². The Morgan fingerprint density at radius 2 is 1.88 bits per heavy atom. The maximum atomic E-state index is 11.8. The summed E-state index contributed by atoms with van der Waals surface area (Å²) in [5, 5.41) is 35.5. The van der Waals surface area contributed by atoms with Crippen LogP contribution < -0.4 is 10.7 Å². The first kappa shape index (κ1) is 18.4. The SMILES string of the molecule is O=C(CNC(=O)c1ccccc1O)N/N=C/c1ccc(O)c([N+](=O)[O-])c1. The van der Waals surface area contributed by atoms with Crippen LogP contribution in [0.25, 0.3) is 0 Å². The van der Waals surface area contributed by atoms with Gasteiger partial charge < -0.3 is 15.5 Å². The molecule has 2 amide bonds. The number of benzene rings is 2. The summed E-state index contributed by atoms with van der Waals surface area (Å²) in [4.78, 5) is 33.4. The zero-order chi connectivity index (χ0) is 19.1. The molecular weight excluding hydrogens is 344 g/mol. The molecule has 26 heavy (non-hydrogen) atoms. The molecule has 0 aliphatic carbocycles. The Morgan fingerprint density at radius 1 is 1.15 bits per heavy atom. The number of rotatable bonds is 6. The third-order valence-electron chi connectivity index (χ3n) is 3.16. The first-order chi connectivity index (χ1) is 12.4. The molecule has 10 nitrogen and oxygen atoms in total. The van der Waals surface area contributed by atoms with Crippen molar-refractivity contribution in [1.29, 1.82) is 0 Å². The van der Waals surface area contributed by atoms with Crippen molar-refractivity contribution >= 4 is 23.7 Å². The van der Waals surface area contributed by atoms with E-state index in [4.69, 9.17) is 0 Å². The quantitative estimate of drug-likeness (QED) is 0.341. The summed E-state index contributed by atoms with van der Waals surface area (Å²) >= 11 is 0.